The molecule has 2 N–H and O–H groups in total. The normalized spacial score (nSPS) is 16.0. The number of hydrogen-bond acceptors (Lipinski definition) is 6. The van der Waals surface area contributed by atoms with Crippen LogP contribution in [-0.2, 0) is 9.59 Å². The van der Waals surface area contributed by atoms with Gasteiger partial charge in [0.1, 0.15) is 11.9 Å². The van der Waals surface area contributed by atoms with E-state index in [-0.39, 0.29) is 35.4 Å². The van der Waals surface area contributed by atoms with Gasteiger partial charge in [0.15, 0.2) is 0 Å². The third-order valence-corrected chi connectivity index (χ3v) is 6.46. The minimum atomic E-state index is -0.763. The molecule has 32 heavy (non-hydrogen) atoms. The number of carbonyl (C=O) groups excluding carboxylic acids is 4. The largest absolute Gasteiger partial charge is 0.353 e. The van der Waals surface area contributed by atoms with Gasteiger partial charge in [0.05, 0.1) is 9.78 Å². The number of halogens is 1. The molecule has 2 aromatic rings. The first-order valence-corrected chi connectivity index (χ1v) is 11.6. The van der Waals surface area contributed by atoms with Crippen LogP contribution in [0.2, 0.25) is 0 Å². The number of rotatable bonds is 8. The smallest absolute Gasteiger partial charge is 0.293 e. The Morgan fingerprint density at radius 1 is 1.16 bits per heavy atom. The fourth-order valence-corrected chi connectivity index (χ4v) is 4.46. The molecule has 1 saturated heterocycles. The number of thioether (sulfide) groups is 1. The second kappa shape index (κ2) is 10.6. The van der Waals surface area contributed by atoms with Crippen LogP contribution in [0.25, 0.3) is 6.08 Å². The highest BCUT2D eigenvalue weighted by Gasteiger charge is 2.35. The molecule has 3 rings (SSSR count). The molecule has 0 unspecified atom stereocenters. The molecule has 0 bridgehead atoms. The highest BCUT2D eigenvalue weighted by molar-refractivity contribution is 8.18. The zero-order valence-electron chi connectivity index (χ0n) is 17.5. The summed E-state index contributed by atoms with van der Waals surface area (Å²) >= 11 is 2.00. The highest BCUT2D eigenvalue weighted by Crippen LogP contribution is 2.32. The van der Waals surface area contributed by atoms with Crippen molar-refractivity contribution >= 4 is 52.1 Å². The van der Waals surface area contributed by atoms with Crippen LogP contribution in [0.3, 0.4) is 0 Å². The molecule has 10 heteroatoms. The van der Waals surface area contributed by atoms with Crippen molar-refractivity contribution in [2.75, 3.05) is 13.1 Å². The highest BCUT2D eigenvalue weighted by atomic mass is 32.2. The molecule has 1 aliphatic rings. The Morgan fingerprint density at radius 2 is 1.91 bits per heavy atom. The first-order chi connectivity index (χ1) is 15.3. The summed E-state index contributed by atoms with van der Waals surface area (Å²) < 4.78 is 13.8. The molecule has 1 aliphatic heterocycles. The van der Waals surface area contributed by atoms with Crippen molar-refractivity contribution < 1.29 is 23.6 Å². The van der Waals surface area contributed by atoms with Gasteiger partial charge < -0.3 is 10.6 Å². The number of nitrogens with one attached hydrogen (secondary N) is 2. The van der Waals surface area contributed by atoms with E-state index in [0.717, 1.165) is 16.7 Å². The van der Waals surface area contributed by atoms with Gasteiger partial charge in [-0.15, -0.1) is 11.3 Å². The maximum atomic E-state index is 13.8. The molecular formula is C22H22FN3O4S2. The van der Waals surface area contributed by atoms with E-state index in [1.807, 2.05) is 13.8 Å². The lowest BCUT2D eigenvalue weighted by molar-refractivity contribution is -0.125. The van der Waals surface area contributed by atoms with E-state index >= 15 is 0 Å². The molecule has 0 radical (unpaired) electrons. The Morgan fingerprint density at radius 3 is 2.56 bits per heavy atom. The van der Waals surface area contributed by atoms with Crippen molar-refractivity contribution in [3.63, 3.8) is 0 Å². The van der Waals surface area contributed by atoms with Crippen LogP contribution >= 0.6 is 23.1 Å². The Hall–Kier alpha value is -2.98. The van der Waals surface area contributed by atoms with Gasteiger partial charge in [-0.25, -0.2) is 4.39 Å². The van der Waals surface area contributed by atoms with Gasteiger partial charge in [-0.2, -0.15) is 0 Å². The van der Waals surface area contributed by atoms with E-state index in [1.165, 1.54) is 35.6 Å². The molecule has 7 nitrogen and oxygen atoms in total. The first-order valence-electron chi connectivity index (χ1n) is 9.90. The number of nitrogens with zero attached hydrogens (tertiary/aromatic N) is 1. The van der Waals surface area contributed by atoms with Gasteiger partial charge in [-0.1, -0.05) is 38.1 Å². The molecule has 0 aliphatic carbocycles. The van der Waals surface area contributed by atoms with Gasteiger partial charge in [0.2, 0.25) is 5.91 Å². The lowest BCUT2D eigenvalue weighted by atomic mass is 10.0. The van der Waals surface area contributed by atoms with E-state index in [4.69, 9.17) is 0 Å². The lowest BCUT2D eigenvalue weighted by Crippen LogP contribution is -2.51. The van der Waals surface area contributed by atoms with Crippen LogP contribution in [0.5, 0.6) is 0 Å². The summed E-state index contributed by atoms with van der Waals surface area (Å²) in [4.78, 5) is 51.3. The molecule has 1 aromatic heterocycles. The summed E-state index contributed by atoms with van der Waals surface area (Å²) in [6.45, 7) is 3.61. The lowest BCUT2D eigenvalue weighted by Gasteiger charge is -2.22. The van der Waals surface area contributed by atoms with Crippen molar-refractivity contribution in [3.05, 3.63) is 62.9 Å². The predicted octanol–water partition coefficient (Wildman–Crippen LogP) is 3.49. The summed E-state index contributed by atoms with van der Waals surface area (Å²) in [5, 5.41) is 6.68. The summed E-state index contributed by atoms with van der Waals surface area (Å²) in [6, 6.07) is 8.62. The maximum absolute atomic E-state index is 13.8. The van der Waals surface area contributed by atoms with Crippen LogP contribution in [-0.4, -0.2) is 47.0 Å². The molecule has 0 spiro atoms. The number of amides is 4. The monoisotopic (exact) mass is 475 g/mol. The molecule has 1 fully saturated rings. The third kappa shape index (κ3) is 5.63. The maximum Gasteiger partial charge on any atom is 0.293 e. The SMILES string of the molecule is CC(C)[C@H](NC(=O)c1cccs1)C(=O)NCCN1C(=O)S/C(=C\c2ccccc2F)C1=O. The second-order valence-corrected chi connectivity index (χ2v) is 9.26. The first kappa shape index (κ1) is 23.7. The zero-order chi connectivity index (χ0) is 23.3. The predicted molar refractivity (Wildman–Crippen MR) is 122 cm³/mol. The minimum absolute atomic E-state index is 0.0297. The molecule has 1 aromatic carbocycles. The molecule has 1 atom stereocenters. The van der Waals surface area contributed by atoms with Crippen LogP contribution in [0, 0.1) is 11.7 Å². The van der Waals surface area contributed by atoms with E-state index < -0.39 is 28.9 Å². The van der Waals surface area contributed by atoms with E-state index in [1.54, 1.807) is 23.6 Å². The fraction of sp³-hybridized carbons (Fsp3) is 0.273. The zero-order valence-corrected chi connectivity index (χ0v) is 19.1. The fourth-order valence-electron chi connectivity index (χ4n) is 2.98. The Labute approximate surface area is 193 Å². The Kier molecular flexibility index (Phi) is 7.81. The van der Waals surface area contributed by atoms with Gasteiger partial charge in [0.25, 0.3) is 17.1 Å². The molecular weight excluding hydrogens is 453 g/mol. The molecule has 0 saturated carbocycles. The minimum Gasteiger partial charge on any atom is -0.353 e. The Bertz CT molecular complexity index is 1050. The number of imide groups is 1. The number of benzene rings is 1. The Balaban J connectivity index is 1.57. The number of carbonyl (C=O) groups is 4. The van der Waals surface area contributed by atoms with Crippen LogP contribution in [0.15, 0.2) is 46.7 Å². The van der Waals surface area contributed by atoms with E-state index in [9.17, 15) is 23.6 Å². The van der Waals surface area contributed by atoms with Crippen LogP contribution in [0.4, 0.5) is 9.18 Å². The van der Waals surface area contributed by atoms with Gasteiger partial charge in [0, 0.05) is 18.7 Å². The van der Waals surface area contributed by atoms with Crippen molar-refractivity contribution in [1.82, 2.24) is 15.5 Å². The van der Waals surface area contributed by atoms with Crippen LogP contribution in [0.1, 0.15) is 29.1 Å². The average Bonchev–Trinajstić information content (AvgIpc) is 3.38. The summed E-state index contributed by atoms with van der Waals surface area (Å²) in [6.07, 6.45) is 1.34. The molecule has 2 heterocycles. The van der Waals surface area contributed by atoms with Crippen molar-refractivity contribution in [2.24, 2.45) is 5.92 Å². The summed E-state index contributed by atoms with van der Waals surface area (Å²) in [5.41, 5.74) is 0.215. The van der Waals surface area contributed by atoms with Crippen molar-refractivity contribution in [2.45, 2.75) is 19.9 Å². The summed E-state index contributed by atoms with van der Waals surface area (Å²) in [5.74, 6) is -1.93. The van der Waals surface area contributed by atoms with Gasteiger partial charge in [-0.05, 0) is 41.3 Å². The number of thiophene rings is 1. The van der Waals surface area contributed by atoms with Crippen molar-refractivity contribution in [1.29, 1.82) is 0 Å². The van der Waals surface area contributed by atoms with Crippen molar-refractivity contribution in [3.8, 4) is 0 Å². The van der Waals surface area contributed by atoms with Crippen LogP contribution < -0.4 is 10.6 Å². The van der Waals surface area contributed by atoms with E-state index in [0.29, 0.717) is 4.88 Å². The standard InChI is InChI=1S/C22H22FN3O4S2/c1-13(2)18(25-19(27)16-8-5-11-31-16)20(28)24-9-10-26-21(29)17(32-22(26)30)12-14-6-3-4-7-15(14)23/h3-8,11-13,18H,9-10H2,1-2H3,(H,24,28)(H,25,27)/b17-12-/t18-/m0/s1. The topological polar surface area (TPSA) is 95.6 Å². The van der Waals surface area contributed by atoms with Gasteiger partial charge in [-0.3, -0.25) is 24.1 Å². The quantitative estimate of drug-likeness (QED) is 0.570. The summed E-state index contributed by atoms with van der Waals surface area (Å²) in [7, 11) is 0. The van der Waals surface area contributed by atoms with E-state index in [2.05, 4.69) is 10.6 Å². The second-order valence-electron chi connectivity index (χ2n) is 7.32. The number of hydrogen-bond donors (Lipinski definition) is 2. The molecule has 4 amide bonds. The van der Waals surface area contributed by atoms with Gasteiger partial charge >= 0.3 is 0 Å². The third-order valence-electron chi connectivity index (χ3n) is 4.68. The average molecular weight is 476 g/mol. The molecule has 168 valence electrons.